The number of carbonyl (C=O) groups excluding carboxylic acids is 3. The van der Waals surface area contributed by atoms with Gasteiger partial charge in [-0.3, -0.25) is 14.4 Å². The zero-order valence-electron chi connectivity index (χ0n) is 50.6. The highest BCUT2D eigenvalue weighted by atomic mass is 16.6. The highest BCUT2D eigenvalue weighted by Gasteiger charge is 2.19. The van der Waals surface area contributed by atoms with Gasteiger partial charge in [0.2, 0.25) is 0 Å². The number of ether oxygens (including phenoxy) is 3. The average molecular weight is 1050 g/mol. The molecule has 440 valence electrons. The zero-order chi connectivity index (χ0) is 54.3. The van der Waals surface area contributed by atoms with Gasteiger partial charge in [-0.2, -0.15) is 0 Å². The fourth-order valence-corrected chi connectivity index (χ4v) is 10.1. The van der Waals surface area contributed by atoms with Gasteiger partial charge in [0.1, 0.15) is 13.2 Å². The van der Waals surface area contributed by atoms with Crippen LogP contribution >= 0.6 is 0 Å². The van der Waals surface area contributed by atoms with Crippen LogP contribution in [0.4, 0.5) is 0 Å². The van der Waals surface area contributed by atoms with Gasteiger partial charge in [0.05, 0.1) is 0 Å². The predicted molar refractivity (Wildman–Crippen MR) is 326 cm³/mol. The third-order valence-electron chi connectivity index (χ3n) is 15.1. The van der Waals surface area contributed by atoms with Crippen molar-refractivity contribution in [2.75, 3.05) is 13.2 Å². The van der Waals surface area contributed by atoms with E-state index in [9.17, 15) is 14.4 Å². The van der Waals surface area contributed by atoms with Crippen LogP contribution in [-0.2, 0) is 28.6 Å². The van der Waals surface area contributed by atoms with E-state index in [1.165, 1.54) is 250 Å². The lowest BCUT2D eigenvalue weighted by Gasteiger charge is -2.18. The molecule has 6 nitrogen and oxygen atoms in total. The Labute approximate surface area is 467 Å². The van der Waals surface area contributed by atoms with E-state index in [1.54, 1.807) is 0 Å². The van der Waals surface area contributed by atoms with Crippen molar-refractivity contribution in [2.24, 2.45) is 0 Å². The summed E-state index contributed by atoms with van der Waals surface area (Å²) in [6.07, 6.45) is 78.7. The van der Waals surface area contributed by atoms with E-state index < -0.39 is 6.10 Å². The summed E-state index contributed by atoms with van der Waals surface area (Å²) >= 11 is 0. The quantitative estimate of drug-likeness (QED) is 0.0261. The monoisotopic (exact) mass is 1050 g/mol. The molecule has 0 bridgehead atoms. The standard InChI is InChI=1S/C69H128O6/c1-4-7-10-13-16-19-22-25-28-30-32-34-35-36-38-39-41-44-47-50-53-56-59-62-68(71)74-65-66(64-73-67(70)61-58-55-52-49-46-43-27-24-21-18-15-12-9-6-3)75-69(72)63-60-57-54-51-48-45-42-40-37-33-31-29-26-23-20-17-14-11-8-5-2/h22,25,30,32,35-36,66H,4-21,23-24,26-29,31,33-34,37-65H2,1-3H3/b25-22-,32-30-,36-35-. The minimum atomic E-state index is -0.772. The van der Waals surface area contributed by atoms with E-state index in [0.29, 0.717) is 19.3 Å². The first-order chi connectivity index (χ1) is 37.0. The summed E-state index contributed by atoms with van der Waals surface area (Å²) < 4.78 is 17.0. The molecular weight excluding hydrogens is 925 g/mol. The smallest absolute Gasteiger partial charge is 0.306 e. The van der Waals surface area contributed by atoms with E-state index in [0.717, 1.165) is 77.0 Å². The first-order valence-electron chi connectivity index (χ1n) is 33.5. The van der Waals surface area contributed by atoms with Gasteiger partial charge in [0.15, 0.2) is 6.10 Å². The fourth-order valence-electron chi connectivity index (χ4n) is 10.1. The number of carbonyl (C=O) groups is 3. The Balaban J connectivity index is 4.30. The molecule has 6 heteroatoms. The van der Waals surface area contributed by atoms with Crippen LogP contribution in [0.3, 0.4) is 0 Å². The summed E-state index contributed by atoms with van der Waals surface area (Å²) in [6.45, 7) is 6.69. The van der Waals surface area contributed by atoms with Crippen molar-refractivity contribution in [3.8, 4) is 0 Å². The number of hydrogen-bond acceptors (Lipinski definition) is 6. The summed E-state index contributed by atoms with van der Waals surface area (Å²) in [5.74, 6) is -0.848. The van der Waals surface area contributed by atoms with E-state index in [-0.39, 0.29) is 31.1 Å². The van der Waals surface area contributed by atoms with Crippen molar-refractivity contribution < 1.29 is 28.6 Å². The van der Waals surface area contributed by atoms with Crippen LogP contribution in [0.1, 0.15) is 367 Å². The molecule has 0 amide bonds. The Morgan fingerprint density at radius 3 is 0.747 bits per heavy atom. The van der Waals surface area contributed by atoms with Crippen molar-refractivity contribution in [3.63, 3.8) is 0 Å². The molecular formula is C69H128O6. The summed E-state index contributed by atoms with van der Waals surface area (Å²) in [6, 6.07) is 0. The van der Waals surface area contributed by atoms with Gasteiger partial charge in [0, 0.05) is 19.3 Å². The van der Waals surface area contributed by atoms with Crippen molar-refractivity contribution in [3.05, 3.63) is 36.5 Å². The molecule has 0 aliphatic rings. The average Bonchev–Trinajstić information content (AvgIpc) is 3.41. The summed E-state index contributed by atoms with van der Waals surface area (Å²) in [5.41, 5.74) is 0. The minimum absolute atomic E-state index is 0.0687. The number of rotatable bonds is 62. The molecule has 0 aromatic heterocycles. The van der Waals surface area contributed by atoms with E-state index in [1.807, 2.05) is 0 Å². The molecule has 0 saturated carbocycles. The molecule has 0 fully saturated rings. The Hall–Kier alpha value is -2.37. The molecule has 0 aliphatic carbocycles. The molecule has 0 spiro atoms. The molecule has 75 heavy (non-hydrogen) atoms. The molecule has 0 aliphatic heterocycles. The zero-order valence-corrected chi connectivity index (χ0v) is 50.6. The molecule has 1 atom stereocenters. The number of allylic oxidation sites excluding steroid dienone is 6. The molecule has 0 aromatic carbocycles. The normalized spacial score (nSPS) is 12.2. The summed E-state index contributed by atoms with van der Waals surface area (Å²) in [7, 11) is 0. The van der Waals surface area contributed by atoms with Crippen LogP contribution < -0.4 is 0 Å². The van der Waals surface area contributed by atoms with Crippen molar-refractivity contribution in [2.45, 2.75) is 374 Å². The lowest BCUT2D eigenvalue weighted by molar-refractivity contribution is -0.167. The maximum Gasteiger partial charge on any atom is 0.306 e. The Morgan fingerprint density at radius 2 is 0.480 bits per heavy atom. The molecule has 0 saturated heterocycles. The van der Waals surface area contributed by atoms with Gasteiger partial charge in [-0.25, -0.2) is 0 Å². The van der Waals surface area contributed by atoms with Gasteiger partial charge < -0.3 is 14.2 Å². The fraction of sp³-hybridized carbons (Fsp3) is 0.870. The first kappa shape index (κ1) is 72.6. The van der Waals surface area contributed by atoms with Gasteiger partial charge >= 0.3 is 17.9 Å². The molecule has 0 radical (unpaired) electrons. The lowest BCUT2D eigenvalue weighted by Crippen LogP contribution is -2.30. The van der Waals surface area contributed by atoms with Gasteiger partial charge in [-0.1, -0.05) is 327 Å². The maximum absolute atomic E-state index is 12.9. The van der Waals surface area contributed by atoms with Gasteiger partial charge in [-0.15, -0.1) is 0 Å². The van der Waals surface area contributed by atoms with Crippen LogP contribution in [0.2, 0.25) is 0 Å². The largest absolute Gasteiger partial charge is 0.462 e. The highest BCUT2D eigenvalue weighted by molar-refractivity contribution is 5.71. The Kier molecular flexibility index (Phi) is 62.1. The van der Waals surface area contributed by atoms with Crippen LogP contribution in [-0.4, -0.2) is 37.2 Å². The van der Waals surface area contributed by atoms with Gasteiger partial charge in [0.25, 0.3) is 0 Å². The third-order valence-corrected chi connectivity index (χ3v) is 15.1. The van der Waals surface area contributed by atoms with E-state index in [4.69, 9.17) is 14.2 Å². The topological polar surface area (TPSA) is 78.9 Å². The minimum Gasteiger partial charge on any atom is -0.462 e. The molecule has 0 heterocycles. The highest BCUT2D eigenvalue weighted by Crippen LogP contribution is 2.18. The van der Waals surface area contributed by atoms with Crippen LogP contribution in [0, 0.1) is 0 Å². The van der Waals surface area contributed by atoms with Gasteiger partial charge in [-0.05, 0) is 57.8 Å². The van der Waals surface area contributed by atoms with Crippen LogP contribution in [0.25, 0.3) is 0 Å². The van der Waals surface area contributed by atoms with Crippen molar-refractivity contribution in [1.29, 1.82) is 0 Å². The van der Waals surface area contributed by atoms with E-state index in [2.05, 4.69) is 57.2 Å². The molecule has 0 N–H and O–H groups in total. The molecule has 1 unspecified atom stereocenters. The second-order valence-electron chi connectivity index (χ2n) is 22.7. The molecule has 0 aromatic rings. The molecule has 0 rings (SSSR count). The SMILES string of the molecule is CCCCCCC/C=C\C/C=C\C/C=C\CCCCCCCCCCC(=O)OCC(COC(=O)CCCCCCCCCCCCCCCC)OC(=O)CCCCCCCCCCCCCCCCCCCCCC. The number of esters is 3. The second-order valence-corrected chi connectivity index (χ2v) is 22.7. The summed E-state index contributed by atoms with van der Waals surface area (Å²) in [4.78, 5) is 38.4. The summed E-state index contributed by atoms with van der Waals surface area (Å²) in [5, 5.41) is 0. The second kappa shape index (κ2) is 64.2. The van der Waals surface area contributed by atoms with E-state index >= 15 is 0 Å². The predicted octanol–water partition coefficient (Wildman–Crippen LogP) is 22.8. The van der Waals surface area contributed by atoms with Crippen molar-refractivity contribution >= 4 is 17.9 Å². The van der Waals surface area contributed by atoms with Crippen molar-refractivity contribution in [1.82, 2.24) is 0 Å². The Bertz CT molecular complexity index is 1250. The van der Waals surface area contributed by atoms with Crippen LogP contribution in [0.15, 0.2) is 36.5 Å². The number of unbranched alkanes of at least 4 members (excludes halogenated alkanes) is 45. The Morgan fingerprint density at radius 1 is 0.267 bits per heavy atom. The first-order valence-corrected chi connectivity index (χ1v) is 33.5. The lowest BCUT2D eigenvalue weighted by atomic mass is 10.0. The third kappa shape index (κ3) is 62.4. The maximum atomic E-state index is 12.9. The van der Waals surface area contributed by atoms with Crippen LogP contribution in [0.5, 0.6) is 0 Å². The number of hydrogen-bond donors (Lipinski definition) is 0.